The van der Waals surface area contributed by atoms with Gasteiger partial charge in [-0.25, -0.2) is 0 Å². The molecule has 0 atom stereocenters. The van der Waals surface area contributed by atoms with Gasteiger partial charge in [-0.2, -0.15) is 25.3 Å². The third-order valence-corrected chi connectivity index (χ3v) is 6.04. The van der Waals surface area contributed by atoms with Gasteiger partial charge in [0.15, 0.2) is 11.6 Å². The lowest BCUT2D eigenvalue weighted by Gasteiger charge is -2.27. The lowest BCUT2D eigenvalue weighted by Crippen LogP contribution is -2.31. The smallest absolute Gasteiger partial charge is 0.271 e. The minimum Gasteiger partial charge on any atom is -0.341 e. The number of hydrogen-bond acceptors (Lipinski definition) is 8. The Morgan fingerprint density at radius 2 is 1.82 bits per heavy atom. The van der Waals surface area contributed by atoms with Crippen LogP contribution in [0.15, 0.2) is 41.2 Å². The number of fused-ring (bicyclic) bond motifs is 2. The summed E-state index contributed by atoms with van der Waals surface area (Å²) in [7, 11) is 0. The van der Waals surface area contributed by atoms with E-state index in [0.717, 1.165) is 36.8 Å². The van der Waals surface area contributed by atoms with Crippen LogP contribution in [0.25, 0.3) is 33.2 Å². The highest BCUT2D eigenvalue weighted by atomic mass is 16.1. The molecule has 1 aliphatic heterocycles. The molecular formula is C23H20N10O. The first-order valence-corrected chi connectivity index (χ1v) is 11.1. The van der Waals surface area contributed by atoms with Crippen LogP contribution in [0, 0.1) is 11.3 Å². The number of H-pyrrole nitrogens is 3. The van der Waals surface area contributed by atoms with E-state index in [0.29, 0.717) is 45.6 Å². The highest BCUT2D eigenvalue weighted by molar-refractivity contribution is 5.91. The highest BCUT2D eigenvalue weighted by Gasteiger charge is 2.20. The Labute approximate surface area is 192 Å². The second-order valence-corrected chi connectivity index (χ2v) is 8.21. The summed E-state index contributed by atoms with van der Waals surface area (Å²) in [6.07, 6.45) is 3.29. The predicted octanol–water partition coefficient (Wildman–Crippen LogP) is 3.19. The van der Waals surface area contributed by atoms with E-state index in [1.807, 2.05) is 24.3 Å². The van der Waals surface area contributed by atoms with Crippen LogP contribution in [-0.4, -0.2) is 48.4 Å². The molecule has 34 heavy (non-hydrogen) atoms. The van der Waals surface area contributed by atoms with Gasteiger partial charge < -0.3 is 10.2 Å². The van der Waals surface area contributed by atoms with Crippen LogP contribution < -0.4 is 15.8 Å². The Kier molecular flexibility index (Phi) is 4.69. The van der Waals surface area contributed by atoms with E-state index in [2.05, 4.69) is 46.6 Å². The van der Waals surface area contributed by atoms with E-state index in [1.54, 1.807) is 12.1 Å². The van der Waals surface area contributed by atoms with Crippen molar-refractivity contribution in [3.05, 3.63) is 52.3 Å². The molecule has 0 unspecified atom stereocenters. The lowest BCUT2D eigenvalue weighted by atomic mass is 10.1. The van der Waals surface area contributed by atoms with Crippen molar-refractivity contribution in [2.75, 3.05) is 23.3 Å². The zero-order valence-corrected chi connectivity index (χ0v) is 18.1. The van der Waals surface area contributed by atoms with Crippen molar-refractivity contribution < 1.29 is 0 Å². The van der Waals surface area contributed by atoms with Crippen molar-refractivity contribution in [3.8, 4) is 17.5 Å². The van der Waals surface area contributed by atoms with Crippen molar-refractivity contribution in [3.63, 3.8) is 0 Å². The van der Waals surface area contributed by atoms with Crippen LogP contribution in [0.5, 0.6) is 0 Å². The van der Waals surface area contributed by atoms with E-state index in [4.69, 9.17) is 4.98 Å². The summed E-state index contributed by atoms with van der Waals surface area (Å²) in [5, 5.41) is 27.0. The van der Waals surface area contributed by atoms with Crippen LogP contribution in [-0.2, 0) is 0 Å². The molecule has 11 heteroatoms. The topological polar surface area (TPSA) is 155 Å². The molecule has 1 aliphatic rings. The van der Waals surface area contributed by atoms with Crippen LogP contribution in [0.4, 0.5) is 17.7 Å². The lowest BCUT2D eigenvalue weighted by molar-refractivity contribution is 0.568. The van der Waals surface area contributed by atoms with Gasteiger partial charge in [-0.1, -0.05) is 12.1 Å². The molecule has 0 amide bonds. The number of nitrogens with one attached hydrogen (secondary N) is 4. The fourth-order valence-electron chi connectivity index (χ4n) is 4.30. The fraction of sp³-hybridized carbons (Fsp3) is 0.217. The van der Waals surface area contributed by atoms with Crippen LogP contribution >= 0.6 is 0 Å². The number of nitriles is 1. The quantitative estimate of drug-likeness (QED) is 0.324. The summed E-state index contributed by atoms with van der Waals surface area (Å²) in [6, 6.07) is 13.2. The molecule has 4 N–H and O–H groups in total. The van der Waals surface area contributed by atoms with Gasteiger partial charge in [0.05, 0.1) is 28.1 Å². The second kappa shape index (κ2) is 8.00. The number of piperidine rings is 1. The average Bonchev–Trinajstić information content (AvgIpc) is 3.46. The first-order chi connectivity index (χ1) is 16.7. The van der Waals surface area contributed by atoms with E-state index in [1.165, 1.54) is 6.42 Å². The molecule has 168 valence electrons. The monoisotopic (exact) mass is 452 g/mol. The minimum atomic E-state index is -0.271. The molecule has 5 aromatic rings. The molecule has 2 aromatic carbocycles. The van der Waals surface area contributed by atoms with Crippen molar-refractivity contribution in [1.82, 2.24) is 35.3 Å². The maximum Gasteiger partial charge on any atom is 0.271 e. The number of anilines is 3. The second-order valence-electron chi connectivity index (χ2n) is 8.21. The van der Waals surface area contributed by atoms with Gasteiger partial charge in [0.25, 0.3) is 5.56 Å². The van der Waals surface area contributed by atoms with Gasteiger partial charge in [-0.15, -0.1) is 0 Å². The molecule has 3 aromatic heterocycles. The van der Waals surface area contributed by atoms with Gasteiger partial charge in [0.1, 0.15) is 0 Å². The molecule has 0 radical (unpaired) electrons. The highest BCUT2D eigenvalue weighted by Crippen LogP contribution is 2.29. The SMILES string of the molecule is N#Cc1cc2[nH][nH]c(=O)c2cc1-c1nc(Nc2n[nH]c3ccccc23)nc(N2CCCCC2)n1. The Morgan fingerprint density at radius 3 is 2.68 bits per heavy atom. The molecular weight excluding hydrogens is 432 g/mol. The molecule has 11 nitrogen and oxygen atoms in total. The van der Waals surface area contributed by atoms with Crippen molar-refractivity contribution in [1.29, 1.82) is 5.26 Å². The average molecular weight is 452 g/mol. The Bertz CT molecular complexity index is 1620. The zero-order valence-electron chi connectivity index (χ0n) is 18.1. The maximum atomic E-state index is 12.2. The number of rotatable bonds is 4. The first-order valence-electron chi connectivity index (χ1n) is 11.1. The van der Waals surface area contributed by atoms with Crippen LogP contribution in [0.3, 0.4) is 0 Å². The Morgan fingerprint density at radius 1 is 0.971 bits per heavy atom. The Balaban J connectivity index is 1.50. The van der Waals surface area contributed by atoms with Gasteiger partial charge >= 0.3 is 0 Å². The largest absolute Gasteiger partial charge is 0.341 e. The van der Waals surface area contributed by atoms with Crippen LogP contribution in [0.2, 0.25) is 0 Å². The maximum absolute atomic E-state index is 12.2. The molecule has 0 spiro atoms. The molecule has 6 rings (SSSR count). The third-order valence-electron chi connectivity index (χ3n) is 6.04. The number of aromatic amines is 3. The molecule has 4 heterocycles. The third kappa shape index (κ3) is 3.41. The van der Waals surface area contributed by atoms with E-state index in [-0.39, 0.29) is 5.56 Å². The predicted molar refractivity (Wildman–Crippen MR) is 128 cm³/mol. The molecule has 0 bridgehead atoms. The van der Waals surface area contributed by atoms with Crippen molar-refractivity contribution >= 4 is 39.5 Å². The van der Waals surface area contributed by atoms with E-state index >= 15 is 0 Å². The summed E-state index contributed by atoms with van der Waals surface area (Å²) in [5.41, 5.74) is 1.99. The normalized spacial score (nSPS) is 13.9. The zero-order chi connectivity index (χ0) is 23.1. The fourth-order valence-corrected chi connectivity index (χ4v) is 4.30. The first kappa shape index (κ1) is 19.9. The van der Waals surface area contributed by atoms with Crippen molar-refractivity contribution in [2.24, 2.45) is 0 Å². The number of nitrogens with zero attached hydrogens (tertiary/aromatic N) is 6. The Hall–Kier alpha value is -4.72. The van der Waals surface area contributed by atoms with Gasteiger partial charge in [0.2, 0.25) is 11.9 Å². The number of hydrogen-bond donors (Lipinski definition) is 4. The van der Waals surface area contributed by atoms with Gasteiger partial charge in [-0.3, -0.25) is 20.1 Å². The summed E-state index contributed by atoms with van der Waals surface area (Å²) in [4.78, 5) is 28.3. The number of benzene rings is 2. The molecule has 1 fully saturated rings. The molecule has 1 saturated heterocycles. The summed E-state index contributed by atoms with van der Waals surface area (Å²) < 4.78 is 0. The minimum absolute atomic E-state index is 0.271. The van der Waals surface area contributed by atoms with E-state index in [9.17, 15) is 10.1 Å². The summed E-state index contributed by atoms with van der Waals surface area (Å²) in [5.74, 6) is 1.75. The molecule has 0 aliphatic carbocycles. The standard InChI is InChI=1S/C23H20N10O/c24-12-13-10-18-16(21(34)32-30-18)11-15(13)19-25-22(28-23(27-19)33-8-4-1-5-9-33)26-20-14-6-2-3-7-17(14)29-31-20/h2-3,6-7,10-11H,1,4-5,8-9H2,(H2,30,32,34)(H2,25,26,27,28,29,31). The van der Waals surface area contributed by atoms with Gasteiger partial charge in [0, 0.05) is 24.0 Å². The number of para-hydroxylation sites is 1. The van der Waals surface area contributed by atoms with Gasteiger partial charge in [-0.05, 0) is 43.5 Å². The summed E-state index contributed by atoms with van der Waals surface area (Å²) in [6.45, 7) is 1.69. The molecule has 0 saturated carbocycles. The van der Waals surface area contributed by atoms with Crippen LogP contribution in [0.1, 0.15) is 24.8 Å². The van der Waals surface area contributed by atoms with Crippen molar-refractivity contribution in [2.45, 2.75) is 19.3 Å². The number of aromatic nitrogens is 7. The summed E-state index contributed by atoms with van der Waals surface area (Å²) >= 11 is 0. The van der Waals surface area contributed by atoms with E-state index < -0.39 is 0 Å².